The third kappa shape index (κ3) is 2.25. The molecule has 1 unspecified atom stereocenters. The van der Waals surface area contributed by atoms with Crippen molar-refractivity contribution in [2.24, 2.45) is 0 Å². The fourth-order valence-electron chi connectivity index (χ4n) is 2.69. The van der Waals surface area contributed by atoms with Crippen LogP contribution in [0.1, 0.15) is 43.6 Å². The minimum Gasteiger partial charge on any atom is -0.480 e. The van der Waals surface area contributed by atoms with Crippen molar-refractivity contribution in [3.8, 4) is 0 Å². The van der Waals surface area contributed by atoms with Gasteiger partial charge in [0, 0.05) is 19.3 Å². The summed E-state index contributed by atoms with van der Waals surface area (Å²) in [5.41, 5.74) is -0.519. The zero-order valence-corrected chi connectivity index (χ0v) is 11.4. The van der Waals surface area contributed by atoms with Gasteiger partial charge in [-0.2, -0.15) is 0 Å². The fraction of sp³-hybridized carbons (Fsp3) is 0.571. The van der Waals surface area contributed by atoms with E-state index < -0.39 is 11.5 Å². The van der Waals surface area contributed by atoms with Gasteiger partial charge >= 0.3 is 5.97 Å². The first kappa shape index (κ1) is 13.6. The Morgan fingerprint density at radius 2 is 2.16 bits per heavy atom. The van der Waals surface area contributed by atoms with Crippen molar-refractivity contribution >= 4 is 11.9 Å². The Bertz CT molecular complexity index is 495. The van der Waals surface area contributed by atoms with Crippen molar-refractivity contribution in [2.75, 3.05) is 6.54 Å². The van der Waals surface area contributed by atoms with Gasteiger partial charge in [-0.3, -0.25) is 4.79 Å². The molecule has 0 bridgehead atoms. The highest BCUT2D eigenvalue weighted by atomic mass is 16.4. The number of carbonyl (C=O) groups is 2. The number of likely N-dealkylation sites (tertiary alicyclic amines) is 1. The molecule has 0 saturated carbocycles. The summed E-state index contributed by atoms with van der Waals surface area (Å²) >= 11 is 0. The highest BCUT2D eigenvalue weighted by molar-refractivity contribution is 5.96. The van der Waals surface area contributed by atoms with Crippen LogP contribution in [0.4, 0.5) is 0 Å². The fourth-order valence-corrected chi connectivity index (χ4v) is 2.69. The smallest absolute Gasteiger partial charge is 0.329 e. The second-order valence-corrected chi connectivity index (χ2v) is 5.17. The number of aliphatic carboxylic acids is 1. The molecule has 104 valence electrons. The summed E-state index contributed by atoms with van der Waals surface area (Å²) in [6.07, 6.45) is 4.07. The predicted octanol–water partition coefficient (Wildman–Crippen LogP) is 1.98. The normalized spacial score (nSPS) is 23.4. The number of aromatic nitrogens is 1. The van der Waals surface area contributed by atoms with Crippen LogP contribution in [-0.4, -0.2) is 38.5 Å². The summed E-state index contributed by atoms with van der Waals surface area (Å²) in [5, 5.41) is 9.44. The van der Waals surface area contributed by atoms with Gasteiger partial charge < -0.3 is 14.6 Å². The second kappa shape index (κ2) is 5.07. The largest absolute Gasteiger partial charge is 0.480 e. The van der Waals surface area contributed by atoms with E-state index >= 15 is 0 Å². The molecule has 2 rings (SSSR count). The molecular weight excluding hydrogens is 244 g/mol. The topological polar surface area (TPSA) is 62.5 Å². The Balaban J connectivity index is 2.33. The minimum absolute atomic E-state index is 0.184. The van der Waals surface area contributed by atoms with Gasteiger partial charge in [-0.05, 0) is 45.2 Å². The number of carboxylic acid groups (broad SMARTS) is 1. The van der Waals surface area contributed by atoms with Gasteiger partial charge in [-0.15, -0.1) is 0 Å². The van der Waals surface area contributed by atoms with Crippen LogP contribution in [0.15, 0.2) is 18.3 Å². The molecule has 1 aromatic heterocycles. The molecule has 2 heterocycles. The number of carbonyl (C=O) groups excluding carboxylic acids is 1. The highest BCUT2D eigenvalue weighted by Crippen LogP contribution is 2.29. The summed E-state index contributed by atoms with van der Waals surface area (Å²) < 4.78 is 1.85. The van der Waals surface area contributed by atoms with Gasteiger partial charge in [0.25, 0.3) is 5.91 Å². The molecule has 0 radical (unpaired) electrons. The Morgan fingerprint density at radius 1 is 1.42 bits per heavy atom. The Morgan fingerprint density at radius 3 is 2.79 bits per heavy atom. The molecule has 1 aromatic rings. The van der Waals surface area contributed by atoms with E-state index in [1.165, 1.54) is 4.90 Å². The Labute approximate surface area is 112 Å². The zero-order chi connectivity index (χ0) is 14.0. The molecule has 1 aliphatic heterocycles. The summed E-state index contributed by atoms with van der Waals surface area (Å²) in [7, 11) is 0. The zero-order valence-electron chi connectivity index (χ0n) is 11.4. The maximum Gasteiger partial charge on any atom is 0.329 e. The number of carboxylic acids is 1. The molecule has 1 saturated heterocycles. The van der Waals surface area contributed by atoms with E-state index in [0.29, 0.717) is 25.2 Å². The van der Waals surface area contributed by atoms with Crippen LogP contribution in [0, 0.1) is 0 Å². The van der Waals surface area contributed by atoms with Crippen LogP contribution in [0.25, 0.3) is 0 Å². The van der Waals surface area contributed by atoms with E-state index in [0.717, 1.165) is 12.8 Å². The summed E-state index contributed by atoms with van der Waals surface area (Å²) in [6.45, 7) is 4.82. The number of hydrogen-bond acceptors (Lipinski definition) is 2. The first-order chi connectivity index (χ1) is 9.00. The molecule has 19 heavy (non-hydrogen) atoms. The van der Waals surface area contributed by atoms with Crippen molar-refractivity contribution in [3.63, 3.8) is 0 Å². The van der Waals surface area contributed by atoms with Gasteiger partial charge in [-0.1, -0.05) is 0 Å². The van der Waals surface area contributed by atoms with Crippen molar-refractivity contribution in [2.45, 2.75) is 45.2 Å². The lowest BCUT2D eigenvalue weighted by Crippen LogP contribution is -2.57. The van der Waals surface area contributed by atoms with Crippen molar-refractivity contribution in [1.82, 2.24) is 9.47 Å². The highest BCUT2D eigenvalue weighted by Gasteiger charge is 2.44. The molecule has 1 amide bonds. The number of hydrogen-bond donors (Lipinski definition) is 1. The van der Waals surface area contributed by atoms with E-state index in [1.807, 2.05) is 23.8 Å². The van der Waals surface area contributed by atoms with Crippen LogP contribution in [0.2, 0.25) is 0 Å². The van der Waals surface area contributed by atoms with Gasteiger partial charge in [0.1, 0.15) is 11.2 Å². The molecule has 0 spiro atoms. The van der Waals surface area contributed by atoms with Crippen molar-refractivity contribution < 1.29 is 14.7 Å². The molecule has 1 aliphatic rings. The van der Waals surface area contributed by atoms with Crippen LogP contribution < -0.4 is 0 Å². The number of amides is 1. The first-order valence-corrected chi connectivity index (χ1v) is 6.71. The molecule has 5 nitrogen and oxygen atoms in total. The van der Waals surface area contributed by atoms with Crippen LogP contribution in [0.5, 0.6) is 0 Å². The van der Waals surface area contributed by atoms with E-state index in [1.54, 1.807) is 13.0 Å². The van der Waals surface area contributed by atoms with Crippen LogP contribution >= 0.6 is 0 Å². The predicted molar refractivity (Wildman–Crippen MR) is 71.0 cm³/mol. The summed E-state index contributed by atoms with van der Waals surface area (Å²) in [6, 6.07) is 3.57. The number of aryl methyl sites for hydroxylation is 1. The van der Waals surface area contributed by atoms with E-state index in [2.05, 4.69) is 0 Å². The van der Waals surface area contributed by atoms with Gasteiger partial charge in [0.15, 0.2) is 0 Å². The molecule has 0 aromatic carbocycles. The second-order valence-electron chi connectivity index (χ2n) is 5.17. The first-order valence-electron chi connectivity index (χ1n) is 6.71. The van der Waals surface area contributed by atoms with E-state index in [-0.39, 0.29) is 5.91 Å². The standard InChI is InChI=1S/C14H20N2O3/c1-3-15-9-6-7-11(15)12(17)16-10-5-4-8-14(16,2)13(18)19/h6-7,9H,3-5,8,10H2,1-2H3,(H,18,19). The van der Waals surface area contributed by atoms with Crippen LogP contribution in [-0.2, 0) is 11.3 Å². The summed E-state index contributed by atoms with van der Waals surface area (Å²) in [5.74, 6) is -1.10. The maximum atomic E-state index is 12.6. The van der Waals surface area contributed by atoms with Gasteiger partial charge in [0.05, 0.1) is 0 Å². The van der Waals surface area contributed by atoms with Gasteiger partial charge in [0.2, 0.25) is 0 Å². The molecule has 1 atom stereocenters. The Hall–Kier alpha value is -1.78. The average molecular weight is 264 g/mol. The number of rotatable bonds is 3. The summed E-state index contributed by atoms with van der Waals surface area (Å²) in [4.78, 5) is 25.6. The lowest BCUT2D eigenvalue weighted by atomic mass is 9.88. The maximum absolute atomic E-state index is 12.6. The van der Waals surface area contributed by atoms with E-state index in [9.17, 15) is 14.7 Å². The molecule has 5 heteroatoms. The third-order valence-corrected chi connectivity index (χ3v) is 3.99. The van der Waals surface area contributed by atoms with Crippen molar-refractivity contribution in [1.29, 1.82) is 0 Å². The molecule has 1 N–H and O–H groups in total. The monoisotopic (exact) mass is 264 g/mol. The molecule has 0 aliphatic carbocycles. The lowest BCUT2D eigenvalue weighted by Gasteiger charge is -2.41. The average Bonchev–Trinajstić information content (AvgIpc) is 2.86. The van der Waals surface area contributed by atoms with E-state index in [4.69, 9.17) is 0 Å². The SMILES string of the molecule is CCn1cccc1C(=O)N1CCCCC1(C)C(=O)O. The molecular formula is C14H20N2O3. The Kier molecular flexibility index (Phi) is 3.64. The van der Waals surface area contributed by atoms with Gasteiger partial charge in [-0.25, -0.2) is 4.79 Å². The number of piperidine rings is 1. The van der Waals surface area contributed by atoms with Crippen LogP contribution in [0.3, 0.4) is 0 Å². The lowest BCUT2D eigenvalue weighted by molar-refractivity contribution is -0.150. The minimum atomic E-state index is -1.09. The van der Waals surface area contributed by atoms with Crippen molar-refractivity contribution in [3.05, 3.63) is 24.0 Å². The molecule has 1 fully saturated rings. The quantitative estimate of drug-likeness (QED) is 0.908. The number of nitrogens with zero attached hydrogens (tertiary/aromatic N) is 2. The third-order valence-electron chi connectivity index (χ3n) is 3.99.